The van der Waals surface area contributed by atoms with Crippen molar-refractivity contribution < 1.29 is 21.4 Å². The summed E-state index contributed by atoms with van der Waals surface area (Å²) < 4.78 is 53.5. The average molecular weight is 553 g/mol. The molecule has 1 aliphatic heterocycles. The lowest BCUT2D eigenvalue weighted by Gasteiger charge is -2.20. The van der Waals surface area contributed by atoms with Crippen LogP contribution in [-0.4, -0.2) is 50.7 Å². The number of rotatable bonds is 10. The highest BCUT2D eigenvalue weighted by Crippen LogP contribution is 2.32. The van der Waals surface area contributed by atoms with E-state index in [1.165, 1.54) is 24.4 Å². The number of likely N-dealkylation sites (N-methyl/N-ethyl adjacent to an activating group) is 1. The van der Waals surface area contributed by atoms with Crippen LogP contribution in [0.3, 0.4) is 0 Å². The van der Waals surface area contributed by atoms with Crippen molar-refractivity contribution in [1.82, 2.24) is 19.4 Å². The Morgan fingerprint density at radius 1 is 1.20 bits per heavy atom. The molecular formula is C31H36F2N4O3. The molecule has 212 valence electrons. The van der Waals surface area contributed by atoms with E-state index in [0.29, 0.717) is 17.5 Å². The second-order valence-corrected chi connectivity index (χ2v) is 10.7. The molecule has 2 aromatic carbocycles. The minimum absolute atomic E-state index is 0.0400. The summed E-state index contributed by atoms with van der Waals surface area (Å²) in [5.41, 5.74) is -0.188. The van der Waals surface area contributed by atoms with E-state index in [-0.39, 0.29) is 39.7 Å². The second kappa shape index (κ2) is 11.9. The van der Waals surface area contributed by atoms with Crippen molar-refractivity contribution in [2.24, 2.45) is 0 Å². The fraction of sp³-hybridized carbons (Fsp3) is 0.452. The summed E-state index contributed by atoms with van der Waals surface area (Å²) >= 11 is 0. The first kappa shape index (κ1) is 25.4. The summed E-state index contributed by atoms with van der Waals surface area (Å²) in [5.74, 6) is -2.54. The van der Waals surface area contributed by atoms with Crippen LogP contribution in [0.15, 0.2) is 41.3 Å². The first-order chi connectivity index (χ1) is 20.0. The summed E-state index contributed by atoms with van der Waals surface area (Å²) in [7, 11) is 1.84. The van der Waals surface area contributed by atoms with Crippen LogP contribution in [0.1, 0.15) is 73.1 Å². The van der Waals surface area contributed by atoms with Crippen LogP contribution in [0.5, 0.6) is 11.8 Å². The molecule has 0 radical (unpaired) electrons. The topological polar surface area (TPSA) is 80.5 Å². The Bertz CT molecular complexity index is 1680. The molecule has 3 heterocycles. The molecule has 0 aliphatic carbocycles. The van der Waals surface area contributed by atoms with Crippen LogP contribution >= 0.6 is 0 Å². The van der Waals surface area contributed by atoms with Gasteiger partial charge in [0.15, 0.2) is 11.6 Å². The number of unbranched alkanes of at least 4 members (excludes halogenated alkanes) is 3. The van der Waals surface area contributed by atoms with Crippen molar-refractivity contribution in [3.8, 4) is 17.4 Å². The predicted molar refractivity (Wildman–Crippen MR) is 153 cm³/mol. The molecule has 40 heavy (non-hydrogen) atoms. The van der Waals surface area contributed by atoms with E-state index in [1.807, 2.05) is 18.9 Å². The van der Waals surface area contributed by atoms with Gasteiger partial charge in [-0.05, 0) is 62.4 Å². The van der Waals surface area contributed by atoms with Gasteiger partial charge in [0.05, 0.1) is 14.1 Å². The molecule has 1 N–H and O–H groups in total. The van der Waals surface area contributed by atoms with Crippen LogP contribution in [0, 0.1) is 11.6 Å². The maximum Gasteiger partial charge on any atom is 0.317 e. The smallest absolute Gasteiger partial charge is 0.317 e. The van der Waals surface area contributed by atoms with E-state index in [1.54, 1.807) is 6.07 Å². The van der Waals surface area contributed by atoms with Crippen molar-refractivity contribution in [1.29, 1.82) is 0 Å². The van der Waals surface area contributed by atoms with Gasteiger partial charge in [-0.1, -0.05) is 45.6 Å². The molecule has 2 aromatic heterocycles. The Kier molecular flexibility index (Phi) is 7.54. The molecule has 1 unspecified atom stereocenters. The fourth-order valence-corrected chi connectivity index (χ4v) is 5.48. The number of halogens is 2. The van der Waals surface area contributed by atoms with E-state index >= 15 is 4.39 Å². The number of phenolic OH excluding ortho intramolecular Hbond substituents is 1. The van der Waals surface area contributed by atoms with Gasteiger partial charge in [-0.15, -0.1) is 0 Å². The van der Waals surface area contributed by atoms with Gasteiger partial charge in [0, 0.05) is 29.1 Å². The largest absolute Gasteiger partial charge is 0.508 e. The molecule has 0 bridgehead atoms. The number of nitrogens with zero attached hydrogens (tertiary/aromatic N) is 4. The molecule has 0 spiro atoms. The van der Waals surface area contributed by atoms with Crippen LogP contribution in [0.25, 0.3) is 27.4 Å². The predicted octanol–water partition coefficient (Wildman–Crippen LogP) is 6.46. The second-order valence-electron chi connectivity index (χ2n) is 10.7. The lowest BCUT2D eigenvalue weighted by atomic mass is 9.96. The van der Waals surface area contributed by atoms with Crippen LogP contribution < -0.4 is 10.3 Å². The number of ether oxygens (including phenoxy) is 1. The fourth-order valence-electron chi connectivity index (χ4n) is 5.48. The highest BCUT2D eigenvalue weighted by molar-refractivity contribution is 5.93. The van der Waals surface area contributed by atoms with E-state index < -0.39 is 29.8 Å². The number of aromatic nitrogens is 3. The van der Waals surface area contributed by atoms with Gasteiger partial charge in [-0.25, -0.2) is 8.78 Å². The molecule has 9 heteroatoms. The standard InChI is InChI=1S/C31H36F2N4O3/c1-4-5-6-7-9-19(2)28-23-13-15-37(25-17-22(38)16-20-11-12-24(32)27(33)26(20)25)30(39)29(23)35-31(34-28)40-18-21-10-8-14-36(21)3/h11-13,15-17,19,21,38H,4-10,14,18H2,1-3H3/t19?,21-/m0/s1/i18D2. The third-order valence-corrected chi connectivity index (χ3v) is 7.76. The summed E-state index contributed by atoms with van der Waals surface area (Å²) in [4.78, 5) is 24.9. The summed E-state index contributed by atoms with van der Waals surface area (Å²) in [6, 6.07) is 5.67. The average Bonchev–Trinajstić information content (AvgIpc) is 3.39. The van der Waals surface area contributed by atoms with Gasteiger partial charge in [0.2, 0.25) is 0 Å². The van der Waals surface area contributed by atoms with E-state index in [4.69, 9.17) is 7.48 Å². The number of phenols is 1. The van der Waals surface area contributed by atoms with Crippen molar-refractivity contribution in [3.05, 3.63) is 64.2 Å². The van der Waals surface area contributed by atoms with E-state index in [0.717, 1.165) is 55.7 Å². The minimum Gasteiger partial charge on any atom is -0.508 e. The summed E-state index contributed by atoms with van der Waals surface area (Å²) in [6.07, 6.45) is 7.91. The molecular weight excluding hydrogens is 514 g/mol. The molecule has 1 saturated heterocycles. The Balaban J connectivity index is 1.67. The molecule has 0 saturated carbocycles. The first-order valence-electron chi connectivity index (χ1n) is 15.0. The quantitative estimate of drug-likeness (QED) is 0.227. The summed E-state index contributed by atoms with van der Waals surface area (Å²) in [6.45, 7) is 2.77. The third kappa shape index (κ3) is 5.52. The minimum atomic E-state index is -2.11. The van der Waals surface area contributed by atoms with Crippen LogP contribution in [0.2, 0.25) is 0 Å². The SMILES string of the molecule is [2H]C([2H])(Oc1nc(C(C)CCCCCC)c2ccn(-c3cc(O)cc4ccc(F)c(F)c34)c(=O)c2n1)[C@@H]1CCCN1C. The molecule has 0 amide bonds. The first-order valence-corrected chi connectivity index (χ1v) is 14.0. The zero-order chi connectivity index (χ0) is 30.2. The highest BCUT2D eigenvalue weighted by atomic mass is 19.2. The number of benzene rings is 2. The normalized spacial score (nSPS) is 17.8. The van der Waals surface area contributed by atoms with Crippen molar-refractivity contribution in [2.45, 2.75) is 70.8 Å². The zero-order valence-corrected chi connectivity index (χ0v) is 23.1. The Morgan fingerprint density at radius 2 is 2.02 bits per heavy atom. The van der Waals surface area contributed by atoms with E-state index in [2.05, 4.69) is 16.9 Å². The maximum atomic E-state index is 15.0. The van der Waals surface area contributed by atoms with Gasteiger partial charge in [0.25, 0.3) is 5.56 Å². The third-order valence-electron chi connectivity index (χ3n) is 7.76. The van der Waals surface area contributed by atoms with Gasteiger partial charge in [0.1, 0.15) is 17.8 Å². The van der Waals surface area contributed by atoms with Gasteiger partial charge in [-0.3, -0.25) is 9.36 Å². The Hall–Kier alpha value is -3.59. The molecule has 4 aromatic rings. The number of likely N-dealkylation sites (tertiary alicyclic amines) is 1. The van der Waals surface area contributed by atoms with Crippen molar-refractivity contribution in [3.63, 3.8) is 0 Å². The molecule has 5 rings (SSSR count). The van der Waals surface area contributed by atoms with E-state index in [9.17, 15) is 14.3 Å². The van der Waals surface area contributed by atoms with Gasteiger partial charge < -0.3 is 14.7 Å². The lowest BCUT2D eigenvalue weighted by Crippen LogP contribution is -2.31. The molecule has 7 nitrogen and oxygen atoms in total. The number of hydrogen-bond acceptors (Lipinski definition) is 6. The maximum absolute atomic E-state index is 15.0. The van der Waals surface area contributed by atoms with Crippen molar-refractivity contribution in [2.75, 3.05) is 20.2 Å². The lowest BCUT2D eigenvalue weighted by molar-refractivity contribution is 0.187. The highest BCUT2D eigenvalue weighted by Gasteiger charge is 2.24. The Labute approximate surface area is 235 Å². The van der Waals surface area contributed by atoms with Gasteiger partial charge in [-0.2, -0.15) is 9.97 Å². The number of hydrogen-bond donors (Lipinski definition) is 1. The zero-order valence-electron chi connectivity index (χ0n) is 25.1. The monoisotopic (exact) mass is 552 g/mol. The number of pyridine rings is 1. The summed E-state index contributed by atoms with van der Waals surface area (Å²) in [5, 5.41) is 10.9. The number of fused-ring (bicyclic) bond motifs is 2. The van der Waals surface area contributed by atoms with Crippen LogP contribution in [-0.2, 0) is 0 Å². The molecule has 2 atom stereocenters. The molecule has 1 aliphatic rings. The van der Waals surface area contributed by atoms with Gasteiger partial charge >= 0.3 is 6.01 Å². The van der Waals surface area contributed by atoms with Crippen LogP contribution in [0.4, 0.5) is 8.78 Å². The Morgan fingerprint density at radius 3 is 2.77 bits per heavy atom. The van der Waals surface area contributed by atoms with Crippen molar-refractivity contribution >= 4 is 21.7 Å². The molecule has 1 fully saturated rings. The number of aromatic hydroxyl groups is 1.